The van der Waals surface area contributed by atoms with E-state index in [0.29, 0.717) is 43.5 Å². The number of rotatable bonds is 6. The number of anilines is 1. The molecular formula is C25H25F2N9O. The van der Waals surface area contributed by atoms with Crippen LogP contribution in [0.4, 0.5) is 14.7 Å². The normalized spacial score (nSPS) is 16.1. The van der Waals surface area contributed by atoms with Crippen LogP contribution in [0.5, 0.6) is 0 Å². The number of hydrogen-bond donors (Lipinski definition) is 4. The quantitative estimate of drug-likeness (QED) is 0.235. The second-order valence-electron chi connectivity index (χ2n) is 8.81. The Labute approximate surface area is 211 Å². The van der Waals surface area contributed by atoms with Gasteiger partial charge >= 0.3 is 0 Å². The first-order valence-corrected chi connectivity index (χ1v) is 11.6. The zero-order chi connectivity index (χ0) is 26.0. The van der Waals surface area contributed by atoms with Gasteiger partial charge < -0.3 is 19.9 Å². The molecule has 5 rings (SSSR count). The molecule has 4 heterocycles. The highest BCUT2D eigenvalue weighted by molar-refractivity contribution is 6.01. The minimum Gasteiger partial charge on any atom is -0.380 e. The van der Waals surface area contributed by atoms with Gasteiger partial charge in [0.2, 0.25) is 5.95 Å². The van der Waals surface area contributed by atoms with E-state index in [-0.39, 0.29) is 5.56 Å². The smallest absolute Gasteiger partial charge is 0.225 e. The number of H-pyrrole nitrogens is 2. The van der Waals surface area contributed by atoms with Gasteiger partial charge in [0.15, 0.2) is 5.84 Å². The standard InChI is InChI=1S/C25H25F2N9O/c1-25(37,20-3-2-19(26)9-21(20)27)18-13-30-24(31-14-18)36-6-4-35(5-7-36)23(32-15-28)22-8-16(10-29-22)17-11-33-34-12-17/h2-3,8-15,28-29,37H,4-7H2,1H3,(H,33,34)/t25-/m0/s1. The third-order valence-corrected chi connectivity index (χ3v) is 6.46. The average molecular weight is 506 g/mol. The second kappa shape index (κ2) is 9.90. The molecule has 0 radical (unpaired) electrons. The van der Waals surface area contributed by atoms with Crippen molar-refractivity contribution in [2.45, 2.75) is 12.5 Å². The van der Waals surface area contributed by atoms with E-state index in [0.717, 1.165) is 35.3 Å². The summed E-state index contributed by atoms with van der Waals surface area (Å²) in [5.74, 6) is -0.415. The molecule has 1 fully saturated rings. The van der Waals surface area contributed by atoms with Crippen molar-refractivity contribution in [1.29, 1.82) is 5.41 Å². The molecule has 37 heavy (non-hydrogen) atoms. The number of aromatic amines is 2. The fourth-order valence-corrected chi connectivity index (χ4v) is 4.38. The molecule has 0 aliphatic carbocycles. The molecule has 0 unspecified atom stereocenters. The molecule has 0 saturated carbocycles. The van der Waals surface area contributed by atoms with Gasteiger partial charge in [0.25, 0.3) is 0 Å². The number of aliphatic hydroxyl groups is 1. The Hall–Kier alpha value is -4.45. The maximum absolute atomic E-state index is 14.3. The average Bonchev–Trinajstić information content (AvgIpc) is 3.60. The van der Waals surface area contributed by atoms with E-state index in [4.69, 9.17) is 5.41 Å². The second-order valence-corrected chi connectivity index (χ2v) is 8.81. The number of nitrogens with one attached hydrogen (secondary N) is 3. The lowest BCUT2D eigenvalue weighted by molar-refractivity contribution is 0.0970. The molecule has 0 bridgehead atoms. The molecular weight excluding hydrogens is 480 g/mol. The molecule has 4 aromatic rings. The van der Waals surface area contributed by atoms with E-state index < -0.39 is 17.2 Å². The Morgan fingerprint density at radius 1 is 1.08 bits per heavy atom. The number of halogens is 2. The van der Waals surface area contributed by atoms with E-state index in [1.54, 1.807) is 12.4 Å². The van der Waals surface area contributed by atoms with Gasteiger partial charge in [0.1, 0.15) is 23.6 Å². The molecule has 3 aromatic heterocycles. The van der Waals surface area contributed by atoms with Crippen LogP contribution in [0, 0.1) is 17.0 Å². The van der Waals surface area contributed by atoms with Gasteiger partial charge in [-0.2, -0.15) is 5.10 Å². The lowest BCUT2D eigenvalue weighted by atomic mass is 9.89. The van der Waals surface area contributed by atoms with Crippen LogP contribution in [-0.4, -0.2) is 73.5 Å². The molecule has 1 saturated heterocycles. The molecule has 1 aliphatic heterocycles. The summed E-state index contributed by atoms with van der Waals surface area (Å²) in [4.78, 5) is 20.4. The molecule has 0 spiro atoms. The van der Waals surface area contributed by atoms with Crippen molar-refractivity contribution in [2.75, 3.05) is 31.1 Å². The number of benzene rings is 1. The van der Waals surface area contributed by atoms with E-state index in [1.165, 1.54) is 25.4 Å². The molecule has 0 amide bonds. The summed E-state index contributed by atoms with van der Waals surface area (Å²) < 4.78 is 27.6. The van der Waals surface area contributed by atoms with Crippen LogP contribution in [0.2, 0.25) is 0 Å². The SMILES string of the molecule is C[C@](O)(c1cnc(N2CCN(C(=NC=N)c3cc(-c4cn[nH]c4)c[nH]3)CC2)nc1)c1ccc(F)cc1F. The maximum atomic E-state index is 14.3. The summed E-state index contributed by atoms with van der Waals surface area (Å²) in [5, 5.41) is 25.2. The maximum Gasteiger partial charge on any atom is 0.225 e. The van der Waals surface area contributed by atoms with Crippen LogP contribution in [0.3, 0.4) is 0 Å². The predicted octanol–water partition coefficient (Wildman–Crippen LogP) is 2.90. The minimum atomic E-state index is -1.72. The van der Waals surface area contributed by atoms with Crippen LogP contribution in [0.25, 0.3) is 11.1 Å². The number of piperazine rings is 1. The summed E-state index contributed by atoms with van der Waals surface area (Å²) in [6, 6.07) is 5.02. The predicted molar refractivity (Wildman–Crippen MR) is 135 cm³/mol. The number of nitrogens with zero attached hydrogens (tertiary/aromatic N) is 6. The third-order valence-electron chi connectivity index (χ3n) is 6.46. The lowest BCUT2D eigenvalue weighted by Crippen LogP contribution is -2.49. The summed E-state index contributed by atoms with van der Waals surface area (Å²) >= 11 is 0. The summed E-state index contributed by atoms with van der Waals surface area (Å²) in [6.07, 6.45) is 9.35. The van der Waals surface area contributed by atoms with Gasteiger partial charge in [0.05, 0.1) is 11.9 Å². The van der Waals surface area contributed by atoms with Crippen LogP contribution >= 0.6 is 0 Å². The van der Waals surface area contributed by atoms with Gasteiger partial charge in [0, 0.05) is 79.3 Å². The van der Waals surface area contributed by atoms with E-state index in [9.17, 15) is 13.9 Å². The Kier molecular flexibility index (Phi) is 6.49. The van der Waals surface area contributed by atoms with Gasteiger partial charge in [-0.25, -0.2) is 23.7 Å². The van der Waals surface area contributed by atoms with Crippen molar-refractivity contribution >= 4 is 18.1 Å². The highest BCUT2D eigenvalue weighted by atomic mass is 19.1. The van der Waals surface area contributed by atoms with Crippen molar-refractivity contribution in [1.82, 2.24) is 30.0 Å². The third kappa shape index (κ3) is 4.83. The number of aliphatic imine (C=N–C) groups is 1. The van der Waals surface area contributed by atoms with Gasteiger partial charge in [-0.1, -0.05) is 0 Å². The number of aromatic nitrogens is 5. The van der Waals surface area contributed by atoms with Crippen LogP contribution in [0.1, 0.15) is 23.7 Å². The molecule has 12 heteroatoms. The molecule has 1 aromatic carbocycles. The van der Waals surface area contributed by atoms with Gasteiger partial charge in [-0.15, -0.1) is 0 Å². The molecule has 1 atom stereocenters. The first-order valence-electron chi connectivity index (χ1n) is 11.6. The van der Waals surface area contributed by atoms with Crippen molar-refractivity contribution in [3.05, 3.63) is 83.7 Å². The molecule has 1 aliphatic rings. The zero-order valence-electron chi connectivity index (χ0n) is 20.0. The Morgan fingerprint density at radius 2 is 1.84 bits per heavy atom. The van der Waals surface area contributed by atoms with Gasteiger partial charge in [-0.3, -0.25) is 10.5 Å². The fraction of sp³-hybridized carbons (Fsp3) is 0.240. The first kappa shape index (κ1) is 24.3. The monoisotopic (exact) mass is 505 g/mol. The van der Waals surface area contributed by atoms with E-state index >= 15 is 0 Å². The Bertz CT molecular complexity index is 1410. The van der Waals surface area contributed by atoms with E-state index in [2.05, 4.69) is 35.0 Å². The lowest BCUT2D eigenvalue weighted by Gasteiger charge is -2.36. The number of amidine groups is 1. The van der Waals surface area contributed by atoms with Crippen molar-refractivity contribution < 1.29 is 13.9 Å². The molecule has 4 N–H and O–H groups in total. The Morgan fingerprint density at radius 3 is 2.49 bits per heavy atom. The Balaban J connectivity index is 1.27. The molecule has 10 nitrogen and oxygen atoms in total. The van der Waals surface area contributed by atoms with E-state index in [1.807, 2.05) is 17.2 Å². The largest absolute Gasteiger partial charge is 0.380 e. The zero-order valence-corrected chi connectivity index (χ0v) is 20.0. The topological polar surface area (TPSA) is 133 Å². The van der Waals surface area contributed by atoms with Crippen LogP contribution in [-0.2, 0) is 5.60 Å². The summed E-state index contributed by atoms with van der Waals surface area (Å²) in [5.41, 5.74) is 1.22. The van der Waals surface area contributed by atoms with Crippen molar-refractivity contribution in [2.24, 2.45) is 4.99 Å². The van der Waals surface area contributed by atoms with Crippen molar-refractivity contribution in [3.63, 3.8) is 0 Å². The van der Waals surface area contributed by atoms with Crippen molar-refractivity contribution in [3.8, 4) is 11.1 Å². The summed E-state index contributed by atoms with van der Waals surface area (Å²) in [6.45, 7) is 3.87. The first-order chi connectivity index (χ1) is 17.9. The number of hydrogen-bond acceptors (Lipinski definition) is 6. The van der Waals surface area contributed by atoms with Crippen LogP contribution in [0.15, 0.2) is 60.2 Å². The fourth-order valence-electron chi connectivity index (χ4n) is 4.38. The summed E-state index contributed by atoms with van der Waals surface area (Å²) in [7, 11) is 0. The van der Waals surface area contributed by atoms with Crippen LogP contribution < -0.4 is 4.90 Å². The minimum absolute atomic E-state index is 0.0582. The highest BCUT2D eigenvalue weighted by Crippen LogP contribution is 2.31. The van der Waals surface area contributed by atoms with Gasteiger partial charge in [-0.05, 0) is 25.1 Å². The highest BCUT2D eigenvalue weighted by Gasteiger charge is 2.30. The molecule has 190 valence electrons.